The smallest absolute Gasteiger partial charge is 0.334 e. The zero-order chi connectivity index (χ0) is 86.2. The molecule has 44 nitrogen and oxygen atoms in total. The molecule has 648 valence electrons. The fraction of sp³-hybridized carbons (Fsp3) is 0.722. The number of nitrogens with one attached hydrogen (secondary N) is 8. The van der Waals surface area contributed by atoms with Gasteiger partial charge in [0, 0.05) is 206 Å². The van der Waals surface area contributed by atoms with Gasteiger partial charge in [0.25, 0.3) is 47.3 Å². The third-order valence-electron chi connectivity index (χ3n) is 20.4. The molecule has 0 bridgehead atoms. The van der Waals surface area contributed by atoms with Crippen LogP contribution in [0.15, 0.2) is 0 Å². The van der Waals surface area contributed by atoms with Crippen LogP contribution in [0.1, 0.15) is 130 Å². The van der Waals surface area contributed by atoms with Gasteiger partial charge in [0.1, 0.15) is 24.2 Å². The molecule has 0 spiro atoms. The monoisotopic (exact) mass is 1680 g/mol. The van der Waals surface area contributed by atoms with Gasteiger partial charge in [-0.05, 0) is 84.1 Å². The first kappa shape index (κ1) is 96.5. The van der Waals surface area contributed by atoms with Crippen LogP contribution < -0.4 is 42.5 Å². The maximum atomic E-state index is 12.3. The Hall–Kier alpha value is -10.1. The average molecular weight is 1680 g/mol. The molecular formula is C72H116N20O24. The summed E-state index contributed by atoms with van der Waals surface area (Å²) in [5.41, 5.74) is 0. The molecule has 0 aliphatic carbocycles. The van der Waals surface area contributed by atoms with Gasteiger partial charge in [0.05, 0.1) is 25.7 Å². The lowest BCUT2D eigenvalue weighted by Crippen LogP contribution is -2.59. The molecule has 8 fully saturated rings. The fourth-order valence-corrected chi connectivity index (χ4v) is 12.7. The number of imide groups is 4. The second-order valence-electron chi connectivity index (χ2n) is 29.7. The normalized spacial score (nSPS) is 23.2. The molecule has 0 aromatic carbocycles. The van der Waals surface area contributed by atoms with Gasteiger partial charge in [0.15, 0.2) is 0 Å². The number of hydroxylamine groups is 8. The van der Waals surface area contributed by atoms with Crippen LogP contribution in [0.2, 0.25) is 0 Å². The summed E-state index contributed by atoms with van der Waals surface area (Å²) in [6.45, 7) is 14.9. The molecular weight excluding hydrogens is 1560 g/mol. The quantitative estimate of drug-likeness (QED) is 0.0176. The van der Waals surface area contributed by atoms with Crippen molar-refractivity contribution in [2.45, 2.75) is 179 Å². The van der Waals surface area contributed by atoms with E-state index in [1.807, 2.05) is 76.0 Å². The van der Waals surface area contributed by atoms with Crippen LogP contribution in [0, 0.1) is 0 Å². The highest BCUT2D eigenvalue weighted by Crippen LogP contribution is 2.19. The van der Waals surface area contributed by atoms with Crippen molar-refractivity contribution in [3.8, 4) is 0 Å². The second-order valence-corrected chi connectivity index (χ2v) is 29.7. The summed E-state index contributed by atoms with van der Waals surface area (Å²) in [5, 5.41) is 23.1. The maximum Gasteiger partial charge on any atom is 0.334 e. The van der Waals surface area contributed by atoms with Crippen LogP contribution in [-0.2, 0) is 115 Å². The first-order chi connectivity index (χ1) is 54.7. The van der Waals surface area contributed by atoms with Crippen molar-refractivity contribution in [1.29, 1.82) is 0 Å². The summed E-state index contributed by atoms with van der Waals surface area (Å²) in [4.78, 5) is 269. The summed E-state index contributed by atoms with van der Waals surface area (Å²) < 4.78 is 0. The summed E-state index contributed by atoms with van der Waals surface area (Å²) in [6, 6.07) is 0.475. The minimum Gasteiger partial charge on any atom is -0.355 e. The van der Waals surface area contributed by atoms with E-state index in [4.69, 9.17) is 19.4 Å². The highest BCUT2D eigenvalue weighted by molar-refractivity contribution is 6.04. The van der Waals surface area contributed by atoms with E-state index < -0.39 is 71.1 Å². The minimum atomic E-state index is -0.777. The zero-order valence-electron chi connectivity index (χ0n) is 68.4. The number of carbonyl (C=O) groups is 20. The lowest BCUT2D eigenvalue weighted by molar-refractivity contribution is -0.197. The van der Waals surface area contributed by atoms with Crippen LogP contribution in [0.5, 0.6) is 0 Å². The Morgan fingerprint density at radius 1 is 0.241 bits per heavy atom. The van der Waals surface area contributed by atoms with E-state index in [2.05, 4.69) is 89.8 Å². The Bertz CT molecular complexity index is 3060. The van der Waals surface area contributed by atoms with Crippen molar-refractivity contribution in [3.63, 3.8) is 0 Å². The number of carbonyl (C=O) groups excluding carboxylic acids is 20. The summed E-state index contributed by atoms with van der Waals surface area (Å²) in [7, 11) is 15.5. The molecule has 16 amide bonds. The van der Waals surface area contributed by atoms with E-state index in [9.17, 15) is 95.9 Å². The number of hydrogen-bond donors (Lipinski definition) is 8. The standard InChI is InChI=1S/4C18H29N5O6/c4*1-12-10-22(3)13(11-21(12)2)18(28)20-8-6-14(24)19-9-7-17(27)29-23-15(25)4-5-16(23)26/h4*12-13H,4-11H2,1-3H3,(H,19,24)(H,20,28)/i2+1,3+1,10+1,11+1,12+1,13+1,17+1,21+1,22+1;1+1,2+1,3+1,10+1,11+1,12+1,13+1,21+1,22+1;1+1,2+1,3+1,10+1,11+1,12+1,13+1,17+1,21+1;1+1,2+1,3+1,10+1,11+1,12+1,13+1,17+1,19+1. The van der Waals surface area contributed by atoms with Gasteiger partial charge in [-0.1, -0.05) is 0 Å². The molecule has 8 saturated heterocycles. The SMILES string of the molecule is C[13CH]1[13CH2][15N]([13CH3])[13CH](C(=O)NCCC(=O)NCC[13C](=O)ON2C(=O)CCC2=O)[13CH2][15N]1[13CH3].[13CH3][13CH]1[13CH2]N([13CH3])[13CH](C(=O)NCCC(=O)NCC[13C](=O)ON2C(=O)CCC2=O)[13CH2][15N]1[13CH3].[13CH3][13CH]1[13CH2]N([13CH3])[13CH](C(=O)NCCC(=O)[15NH]CC[13C](=O)ON2C(=O)CCC2=O)[13CH2]N1[13CH3].[13CH3][13CH]1[13CH2][15N]([13CH3])[13CH](C(=O)NCCC(=O)NCCC(=O)ON2C(=O)CCC2=O)[13CH2][15N]1[13CH3]. The van der Waals surface area contributed by atoms with Crippen LogP contribution in [0.3, 0.4) is 0 Å². The Labute approximate surface area is 673 Å². The van der Waals surface area contributed by atoms with Gasteiger partial charge in [-0.2, -0.15) is 0 Å². The Morgan fingerprint density at radius 3 is 0.560 bits per heavy atom. The topological polar surface area (TPSA) is 513 Å². The zero-order valence-corrected chi connectivity index (χ0v) is 68.4. The van der Waals surface area contributed by atoms with Crippen molar-refractivity contribution in [3.05, 3.63) is 0 Å². The lowest BCUT2D eigenvalue weighted by atomic mass is 10.3. The van der Waals surface area contributed by atoms with Gasteiger partial charge >= 0.3 is 23.9 Å². The largest absolute Gasteiger partial charge is 0.355 e. The lowest BCUT2D eigenvalue weighted by Gasteiger charge is -2.41. The maximum absolute atomic E-state index is 12.3. The number of piperazine rings is 4. The van der Waals surface area contributed by atoms with Gasteiger partial charge in [-0.3, -0.25) is 96.3 Å². The van der Waals surface area contributed by atoms with Crippen LogP contribution in [-0.4, -0.2) is 387 Å². The third-order valence-corrected chi connectivity index (χ3v) is 20.4. The first-order valence-electron chi connectivity index (χ1n) is 38.8. The van der Waals surface area contributed by atoms with Crippen LogP contribution in [0.4, 0.5) is 0 Å². The summed E-state index contributed by atoms with van der Waals surface area (Å²) in [6.07, 6.45) is -0.166. The summed E-state index contributed by atoms with van der Waals surface area (Å²) >= 11 is 0. The molecule has 8 aliphatic heterocycles. The molecule has 0 saturated carbocycles. The van der Waals surface area contributed by atoms with Gasteiger partial charge in [-0.25, -0.2) is 19.2 Å². The van der Waals surface area contributed by atoms with Gasteiger partial charge in [-0.15, -0.1) is 20.3 Å². The highest BCUT2D eigenvalue weighted by Gasteiger charge is 2.40. The number of likely N-dealkylation sites (N-methyl/N-ethyl adjacent to an activating group) is 8. The highest BCUT2D eigenvalue weighted by atomic mass is 16.8. The van der Waals surface area contributed by atoms with Crippen molar-refractivity contribution < 1.29 is 115 Å². The molecule has 8 heterocycles. The first-order valence-corrected chi connectivity index (χ1v) is 38.8. The molecule has 8 aliphatic rings. The Morgan fingerprint density at radius 2 is 0.397 bits per heavy atom. The van der Waals surface area contributed by atoms with Crippen molar-refractivity contribution in [2.24, 2.45) is 0 Å². The molecule has 8 rings (SSSR count). The molecule has 0 radical (unpaired) electrons. The van der Waals surface area contributed by atoms with E-state index in [1.165, 1.54) is 0 Å². The number of hydrogen-bond acceptors (Lipinski definition) is 32. The van der Waals surface area contributed by atoms with Crippen LogP contribution in [0.25, 0.3) is 0 Å². The van der Waals surface area contributed by atoms with Crippen molar-refractivity contribution >= 4 is 118 Å². The predicted octanol–water partition coefficient (Wildman–Crippen LogP) is -7.04. The molecule has 0 aromatic rings. The molecule has 0 aromatic heterocycles. The number of nitrogens with zero attached hydrogens (tertiary/aromatic N) is 12. The predicted molar refractivity (Wildman–Crippen MR) is 404 cm³/mol. The van der Waals surface area contributed by atoms with E-state index in [1.54, 1.807) is 0 Å². The molecule has 8 unspecified atom stereocenters. The molecule has 8 N–H and O–H groups in total. The third kappa shape index (κ3) is 31.8. The minimum absolute atomic E-state index is 0.00980. The molecule has 8 atom stereocenters. The van der Waals surface area contributed by atoms with Gasteiger partial charge in [0.2, 0.25) is 47.3 Å². The Balaban J connectivity index is 0.000000276. The number of amides is 16. The van der Waals surface area contributed by atoms with E-state index in [-0.39, 0.29) is 227 Å². The van der Waals surface area contributed by atoms with Crippen molar-refractivity contribution in [1.82, 2.24) is 102 Å². The van der Waals surface area contributed by atoms with E-state index in [0.29, 0.717) is 70.6 Å². The number of rotatable bonds is 32. The second kappa shape index (κ2) is 47.8. The van der Waals surface area contributed by atoms with E-state index in [0.717, 1.165) is 26.2 Å². The van der Waals surface area contributed by atoms with E-state index >= 15 is 0 Å². The fourth-order valence-electron chi connectivity index (χ4n) is 12.7. The Kier molecular flexibility index (Phi) is 39.7. The van der Waals surface area contributed by atoms with Crippen molar-refractivity contribution in [2.75, 3.05) is 161 Å². The van der Waals surface area contributed by atoms with Gasteiger partial charge < -0.3 is 81.5 Å². The average Bonchev–Trinajstić information content (AvgIpc) is 1.50. The summed E-state index contributed by atoms with van der Waals surface area (Å²) in [5.74, 6) is -9.29. The molecule has 116 heavy (non-hydrogen) atoms. The molecule has 44 heteroatoms. The van der Waals surface area contributed by atoms with Crippen LogP contribution >= 0.6 is 0 Å².